The van der Waals surface area contributed by atoms with Crippen molar-refractivity contribution in [2.75, 3.05) is 13.1 Å². The number of rotatable bonds is 4. The fraction of sp³-hybridized carbons (Fsp3) is 0.500. The summed E-state index contributed by atoms with van der Waals surface area (Å²) in [6.07, 6.45) is 2.92. The van der Waals surface area contributed by atoms with E-state index in [9.17, 15) is 4.79 Å². The van der Waals surface area contributed by atoms with Crippen molar-refractivity contribution in [1.82, 2.24) is 14.9 Å². The van der Waals surface area contributed by atoms with Crippen LogP contribution in [0.2, 0.25) is 0 Å². The van der Waals surface area contributed by atoms with E-state index in [0.29, 0.717) is 18.5 Å². The lowest BCUT2D eigenvalue weighted by atomic mass is 10.1. The van der Waals surface area contributed by atoms with E-state index in [0.717, 1.165) is 23.5 Å². The summed E-state index contributed by atoms with van der Waals surface area (Å²) in [5.41, 5.74) is 6.63. The molecule has 1 aliphatic heterocycles. The predicted molar refractivity (Wildman–Crippen MR) is 62.3 cm³/mol. The molecule has 0 fully saturated rings. The Morgan fingerprint density at radius 3 is 3.06 bits per heavy atom. The molecule has 2 rings (SSSR count). The third-order valence-electron chi connectivity index (χ3n) is 2.53. The summed E-state index contributed by atoms with van der Waals surface area (Å²) in [5.74, 6) is 0.926. The molecule has 1 aromatic rings. The zero-order chi connectivity index (χ0) is 12.3. The molecule has 92 valence electrons. The van der Waals surface area contributed by atoms with Gasteiger partial charge in [0.15, 0.2) is 0 Å². The van der Waals surface area contributed by atoms with Gasteiger partial charge in [-0.3, -0.25) is 4.99 Å². The van der Waals surface area contributed by atoms with Crippen LogP contribution < -0.4 is 11.1 Å². The first kappa shape index (κ1) is 11.6. The first-order valence-corrected chi connectivity index (χ1v) is 5.44. The van der Waals surface area contributed by atoms with Gasteiger partial charge in [0, 0.05) is 31.6 Å². The van der Waals surface area contributed by atoms with E-state index in [1.165, 1.54) is 12.5 Å². The van der Waals surface area contributed by atoms with E-state index in [4.69, 9.17) is 10.8 Å². The zero-order valence-electron chi connectivity index (χ0n) is 9.33. The molecule has 1 atom stereocenters. The molecule has 0 aliphatic carbocycles. The first-order valence-electron chi connectivity index (χ1n) is 5.44. The molecule has 17 heavy (non-hydrogen) atoms. The quantitative estimate of drug-likeness (QED) is 0.665. The number of nitrogens with two attached hydrogens (primary N) is 1. The average Bonchev–Trinajstić information content (AvgIpc) is 2.88. The molecule has 0 radical (unpaired) electrons. The van der Waals surface area contributed by atoms with Crippen molar-refractivity contribution in [3.8, 4) is 0 Å². The second-order valence-corrected chi connectivity index (χ2v) is 3.98. The van der Waals surface area contributed by atoms with Crippen molar-refractivity contribution in [2.45, 2.75) is 18.9 Å². The van der Waals surface area contributed by atoms with Crippen LogP contribution in [0.4, 0.5) is 4.79 Å². The van der Waals surface area contributed by atoms with Gasteiger partial charge in [-0.15, -0.1) is 0 Å². The molecule has 1 aromatic heterocycles. The molecule has 0 spiro atoms. The number of amidine groups is 1. The number of nitrogens with one attached hydrogen (secondary N) is 1. The zero-order valence-corrected chi connectivity index (χ0v) is 9.33. The maximum atomic E-state index is 10.6. The van der Waals surface area contributed by atoms with Crippen molar-refractivity contribution in [1.29, 1.82) is 0 Å². The van der Waals surface area contributed by atoms with E-state index in [2.05, 4.69) is 15.3 Å². The van der Waals surface area contributed by atoms with Crippen molar-refractivity contribution in [2.24, 2.45) is 10.7 Å². The molecule has 0 saturated heterocycles. The van der Waals surface area contributed by atoms with Gasteiger partial charge in [0.1, 0.15) is 6.33 Å². The van der Waals surface area contributed by atoms with Crippen LogP contribution in [0.15, 0.2) is 17.5 Å². The van der Waals surface area contributed by atoms with Gasteiger partial charge in [-0.2, -0.15) is 0 Å². The lowest BCUT2D eigenvalue weighted by molar-refractivity contribution is 0.196. The number of hydrogen-bond acceptors (Lipinski definition) is 5. The molecule has 0 unspecified atom stereocenters. The van der Waals surface area contributed by atoms with E-state index < -0.39 is 6.09 Å². The summed E-state index contributed by atoms with van der Waals surface area (Å²) in [5, 5.41) is 11.9. The topological polar surface area (TPSA) is 106 Å². The van der Waals surface area contributed by atoms with Crippen LogP contribution in [-0.4, -0.2) is 45.7 Å². The molecule has 1 aliphatic rings. The third kappa shape index (κ3) is 3.04. The Labute approximate surface area is 98.4 Å². The third-order valence-corrected chi connectivity index (χ3v) is 2.53. The van der Waals surface area contributed by atoms with Crippen LogP contribution >= 0.6 is 0 Å². The van der Waals surface area contributed by atoms with Crippen LogP contribution in [0.3, 0.4) is 0 Å². The highest BCUT2D eigenvalue weighted by Gasteiger charge is 2.13. The SMILES string of the molecule is N[C@H](CC1=NCCN1)Cc1cn(C(=O)O)cn1. The highest BCUT2D eigenvalue weighted by molar-refractivity contribution is 5.84. The van der Waals surface area contributed by atoms with Gasteiger partial charge >= 0.3 is 6.09 Å². The lowest BCUT2D eigenvalue weighted by Crippen LogP contribution is -2.31. The maximum absolute atomic E-state index is 10.6. The Hall–Kier alpha value is -1.89. The van der Waals surface area contributed by atoms with Gasteiger partial charge in [-0.25, -0.2) is 14.3 Å². The van der Waals surface area contributed by atoms with Crippen molar-refractivity contribution < 1.29 is 9.90 Å². The van der Waals surface area contributed by atoms with Crippen LogP contribution in [0, 0.1) is 0 Å². The van der Waals surface area contributed by atoms with Gasteiger partial charge < -0.3 is 16.2 Å². The van der Waals surface area contributed by atoms with Crippen molar-refractivity contribution in [3.05, 3.63) is 18.2 Å². The minimum absolute atomic E-state index is 0.100. The summed E-state index contributed by atoms with van der Waals surface area (Å²) in [6.45, 7) is 1.67. The minimum atomic E-state index is -1.04. The summed E-state index contributed by atoms with van der Waals surface area (Å²) in [6, 6.07) is -0.100. The highest BCUT2D eigenvalue weighted by atomic mass is 16.4. The van der Waals surface area contributed by atoms with Gasteiger partial charge in [0.2, 0.25) is 0 Å². The molecule has 0 bridgehead atoms. The van der Waals surface area contributed by atoms with Crippen LogP contribution in [0.5, 0.6) is 0 Å². The molecule has 7 nitrogen and oxygen atoms in total. The van der Waals surface area contributed by atoms with Gasteiger partial charge in [0.05, 0.1) is 18.1 Å². The summed E-state index contributed by atoms with van der Waals surface area (Å²) >= 11 is 0. The number of carbonyl (C=O) groups is 1. The van der Waals surface area contributed by atoms with Gasteiger partial charge in [0.25, 0.3) is 0 Å². The number of imidazole rings is 1. The van der Waals surface area contributed by atoms with Crippen LogP contribution in [0.25, 0.3) is 0 Å². The van der Waals surface area contributed by atoms with Crippen LogP contribution in [-0.2, 0) is 6.42 Å². The lowest BCUT2D eigenvalue weighted by Gasteiger charge is -2.09. The van der Waals surface area contributed by atoms with E-state index in [1.807, 2.05) is 0 Å². The van der Waals surface area contributed by atoms with E-state index >= 15 is 0 Å². The minimum Gasteiger partial charge on any atom is -0.464 e. The van der Waals surface area contributed by atoms with Crippen molar-refractivity contribution in [3.63, 3.8) is 0 Å². The van der Waals surface area contributed by atoms with Gasteiger partial charge in [-0.05, 0) is 0 Å². The monoisotopic (exact) mass is 237 g/mol. The summed E-state index contributed by atoms with van der Waals surface area (Å²) in [4.78, 5) is 18.9. The molecule has 4 N–H and O–H groups in total. The Morgan fingerprint density at radius 1 is 1.65 bits per heavy atom. The number of aliphatic imine (C=N–C) groups is 1. The Bertz CT molecular complexity index is 440. The Balaban J connectivity index is 1.88. The molecule has 0 aromatic carbocycles. The fourth-order valence-electron chi connectivity index (χ4n) is 1.75. The Kier molecular flexibility index (Phi) is 3.38. The highest BCUT2D eigenvalue weighted by Crippen LogP contribution is 2.04. The maximum Gasteiger partial charge on any atom is 0.416 e. The molecular formula is C10H15N5O2. The molecule has 0 saturated carbocycles. The largest absolute Gasteiger partial charge is 0.464 e. The van der Waals surface area contributed by atoms with Crippen molar-refractivity contribution >= 4 is 11.9 Å². The Morgan fingerprint density at radius 2 is 2.47 bits per heavy atom. The summed E-state index contributed by atoms with van der Waals surface area (Å²) < 4.78 is 1.02. The van der Waals surface area contributed by atoms with E-state index in [-0.39, 0.29) is 6.04 Å². The fourth-order valence-corrected chi connectivity index (χ4v) is 1.75. The second-order valence-electron chi connectivity index (χ2n) is 3.98. The molecular weight excluding hydrogens is 222 g/mol. The average molecular weight is 237 g/mol. The molecule has 2 heterocycles. The smallest absolute Gasteiger partial charge is 0.416 e. The van der Waals surface area contributed by atoms with Crippen LogP contribution in [0.1, 0.15) is 12.1 Å². The first-order chi connectivity index (χ1) is 8.15. The molecule has 0 amide bonds. The number of hydrogen-bond donors (Lipinski definition) is 3. The summed E-state index contributed by atoms with van der Waals surface area (Å²) in [7, 11) is 0. The second kappa shape index (κ2) is 4.96. The number of carboxylic acid groups (broad SMARTS) is 1. The van der Waals surface area contributed by atoms with E-state index in [1.54, 1.807) is 0 Å². The van der Waals surface area contributed by atoms with Gasteiger partial charge in [-0.1, -0.05) is 0 Å². The number of nitrogens with zero attached hydrogens (tertiary/aromatic N) is 3. The number of aromatic nitrogens is 2. The molecule has 7 heteroatoms. The standard InChI is InChI=1S/C10H15N5O2/c11-7(4-9-12-1-2-13-9)3-8-5-15(6-14-8)10(16)17/h5-7H,1-4,11H2,(H,12,13)(H,16,17)/t7-/m0/s1. The predicted octanol–water partition coefficient (Wildman–Crippen LogP) is -0.329. The normalized spacial score (nSPS) is 16.4.